The van der Waals surface area contributed by atoms with Gasteiger partial charge in [0.25, 0.3) is 0 Å². The van der Waals surface area contributed by atoms with Crippen LogP contribution in [0, 0.1) is 22.7 Å². The van der Waals surface area contributed by atoms with Crippen LogP contribution in [0.1, 0.15) is 65.2 Å². The van der Waals surface area contributed by atoms with Gasteiger partial charge in [-0.05, 0) is 75.0 Å². The summed E-state index contributed by atoms with van der Waals surface area (Å²) in [5.41, 5.74) is 0.353. The Bertz CT molecular complexity index is 408. The molecular formula is C18H30N2O2. The van der Waals surface area contributed by atoms with Gasteiger partial charge >= 0.3 is 0 Å². The van der Waals surface area contributed by atoms with Crippen LogP contribution in [0.4, 0.5) is 0 Å². The second-order valence-electron chi connectivity index (χ2n) is 8.22. The molecule has 2 N–H and O–H groups in total. The van der Waals surface area contributed by atoms with Crippen molar-refractivity contribution in [1.82, 2.24) is 10.6 Å². The maximum absolute atomic E-state index is 12.2. The number of carbonyl (C=O) groups is 2. The molecule has 0 saturated heterocycles. The normalized spacial score (nSPS) is 38.8. The van der Waals surface area contributed by atoms with Gasteiger partial charge in [0, 0.05) is 25.9 Å². The first kappa shape index (κ1) is 15.8. The lowest BCUT2D eigenvalue weighted by Crippen LogP contribution is -2.54. The predicted octanol–water partition coefficient (Wildman–Crippen LogP) is 2.63. The van der Waals surface area contributed by atoms with Gasteiger partial charge in [0.15, 0.2) is 0 Å². The monoisotopic (exact) mass is 306 g/mol. The fourth-order valence-electron chi connectivity index (χ4n) is 6.26. The van der Waals surface area contributed by atoms with Crippen molar-refractivity contribution in [1.29, 1.82) is 0 Å². The fraction of sp³-hybridized carbons (Fsp3) is 0.889. The summed E-state index contributed by atoms with van der Waals surface area (Å²) in [7, 11) is 0. The average molecular weight is 306 g/mol. The lowest BCUT2D eigenvalue weighted by molar-refractivity contribution is -0.146. The maximum atomic E-state index is 12.2. The average Bonchev–Trinajstić information content (AvgIpc) is 2.35. The summed E-state index contributed by atoms with van der Waals surface area (Å²) in [4.78, 5) is 24.3. The zero-order valence-corrected chi connectivity index (χ0v) is 14.0. The summed E-state index contributed by atoms with van der Waals surface area (Å²) < 4.78 is 0. The van der Waals surface area contributed by atoms with Gasteiger partial charge in [-0.25, -0.2) is 0 Å². The molecule has 0 aliphatic heterocycles. The summed E-state index contributed by atoms with van der Waals surface area (Å²) in [5.74, 6) is 1.89. The molecule has 4 bridgehead atoms. The van der Waals surface area contributed by atoms with Crippen molar-refractivity contribution >= 4 is 11.8 Å². The van der Waals surface area contributed by atoms with E-state index in [9.17, 15) is 9.59 Å². The van der Waals surface area contributed by atoms with E-state index in [2.05, 4.69) is 10.6 Å². The third kappa shape index (κ3) is 3.02. The van der Waals surface area contributed by atoms with Crippen molar-refractivity contribution in [2.45, 2.75) is 65.2 Å². The van der Waals surface area contributed by atoms with Gasteiger partial charge < -0.3 is 10.6 Å². The molecule has 0 aromatic rings. The van der Waals surface area contributed by atoms with Gasteiger partial charge in [-0.1, -0.05) is 0 Å². The highest BCUT2D eigenvalue weighted by atomic mass is 16.2. The smallest absolute Gasteiger partial charge is 0.220 e. The molecule has 4 aliphatic carbocycles. The number of amides is 2. The van der Waals surface area contributed by atoms with Crippen LogP contribution >= 0.6 is 0 Å². The quantitative estimate of drug-likeness (QED) is 0.792. The molecular weight excluding hydrogens is 276 g/mol. The fourth-order valence-corrected chi connectivity index (χ4v) is 6.26. The first-order chi connectivity index (χ1) is 10.5. The lowest BCUT2D eigenvalue weighted by Gasteiger charge is -2.62. The van der Waals surface area contributed by atoms with Gasteiger partial charge in [-0.3, -0.25) is 9.59 Å². The van der Waals surface area contributed by atoms with E-state index in [0.29, 0.717) is 25.9 Å². The van der Waals surface area contributed by atoms with Crippen LogP contribution in [0.5, 0.6) is 0 Å². The minimum absolute atomic E-state index is 0.176. The number of rotatable bonds is 6. The number of nitrogens with one attached hydrogen (secondary N) is 2. The summed E-state index contributed by atoms with van der Waals surface area (Å²) in [6, 6.07) is 0. The van der Waals surface area contributed by atoms with E-state index in [1.807, 2.05) is 13.8 Å². The zero-order chi connectivity index (χ0) is 15.8. The molecule has 4 rings (SSSR count). The van der Waals surface area contributed by atoms with E-state index in [0.717, 1.165) is 18.3 Å². The molecule has 0 unspecified atom stereocenters. The maximum Gasteiger partial charge on any atom is 0.220 e. The standard InChI is InChI=1S/C18H30N2O2/c1-3-19-15(21)10-17-6-13-5-14(7-17)9-18(8-13,12-17)11-16(22)20-4-2/h13-14H,3-12H2,1-2H3,(H,19,21)(H,20,22). The Labute approximate surface area is 133 Å². The Morgan fingerprint density at radius 2 is 1.27 bits per heavy atom. The summed E-state index contributed by atoms with van der Waals surface area (Å²) in [5, 5.41) is 5.95. The van der Waals surface area contributed by atoms with Crippen molar-refractivity contribution in [3.8, 4) is 0 Å². The van der Waals surface area contributed by atoms with Crippen molar-refractivity contribution < 1.29 is 9.59 Å². The van der Waals surface area contributed by atoms with E-state index in [4.69, 9.17) is 0 Å². The van der Waals surface area contributed by atoms with E-state index in [-0.39, 0.29) is 22.6 Å². The molecule has 4 fully saturated rings. The van der Waals surface area contributed by atoms with Crippen molar-refractivity contribution in [2.75, 3.05) is 13.1 Å². The third-order valence-electron chi connectivity index (χ3n) is 6.12. The van der Waals surface area contributed by atoms with Crippen LogP contribution in [0.3, 0.4) is 0 Å². The molecule has 0 aromatic heterocycles. The predicted molar refractivity (Wildman–Crippen MR) is 86.1 cm³/mol. The molecule has 2 amide bonds. The third-order valence-corrected chi connectivity index (χ3v) is 6.12. The summed E-state index contributed by atoms with van der Waals surface area (Å²) in [6.45, 7) is 5.39. The van der Waals surface area contributed by atoms with Crippen LogP contribution in [-0.4, -0.2) is 24.9 Å². The van der Waals surface area contributed by atoms with Crippen molar-refractivity contribution in [3.05, 3.63) is 0 Å². The molecule has 0 aromatic carbocycles. The Morgan fingerprint density at radius 1 is 0.864 bits per heavy atom. The van der Waals surface area contributed by atoms with E-state index in [1.54, 1.807) is 0 Å². The van der Waals surface area contributed by atoms with Crippen LogP contribution in [0.25, 0.3) is 0 Å². The topological polar surface area (TPSA) is 58.2 Å². The molecule has 0 spiro atoms. The minimum Gasteiger partial charge on any atom is -0.356 e. The van der Waals surface area contributed by atoms with Gasteiger partial charge in [-0.15, -0.1) is 0 Å². The van der Waals surface area contributed by atoms with Gasteiger partial charge in [0.05, 0.1) is 0 Å². The van der Waals surface area contributed by atoms with Crippen molar-refractivity contribution in [3.63, 3.8) is 0 Å². The molecule has 4 nitrogen and oxygen atoms in total. The van der Waals surface area contributed by atoms with E-state index < -0.39 is 0 Å². The van der Waals surface area contributed by atoms with Crippen LogP contribution in [-0.2, 0) is 9.59 Å². The molecule has 4 saturated carbocycles. The molecule has 4 heteroatoms. The summed E-state index contributed by atoms with van der Waals surface area (Å²) >= 11 is 0. The highest BCUT2D eigenvalue weighted by Gasteiger charge is 2.58. The molecule has 22 heavy (non-hydrogen) atoms. The van der Waals surface area contributed by atoms with Crippen LogP contribution in [0.2, 0.25) is 0 Å². The molecule has 0 heterocycles. The van der Waals surface area contributed by atoms with Gasteiger partial charge in [-0.2, -0.15) is 0 Å². The first-order valence-corrected chi connectivity index (χ1v) is 9.01. The SMILES string of the molecule is CCNC(=O)CC12CC3CC(C1)CC(CC(=O)NCC)(C3)C2. The van der Waals surface area contributed by atoms with Gasteiger partial charge in [0.1, 0.15) is 0 Å². The first-order valence-electron chi connectivity index (χ1n) is 9.01. The Hall–Kier alpha value is -1.06. The summed E-state index contributed by atoms with van der Waals surface area (Å²) in [6.07, 6.45) is 8.58. The Kier molecular flexibility index (Phi) is 4.21. The lowest BCUT2D eigenvalue weighted by atomic mass is 9.43. The molecule has 4 aliphatic rings. The van der Waals surface area contributed by atoms with Gasteiger partial charge in [0.2, 0.25) is 11.8 Å². The highest BCUT2D eigenvalue weighted by Crippen LogP contribution is 2.67. The van der Waals surface area contributed by atoms with E-state index >= 15 is 0 Å². The second-order valence-corrected chi connectivity index (χ2v) is 8.22. The Balaban J connectivity index is 1.75. The molecule has 0 atom stereocenters. The number of carbonyl (C=O) groups excluding carboxylic acids is 2. The zero-order valence-electron chi connectivity index (χ0n) is 14.0. The Morgan fingerprint density at radius 3 is 1.64 bits per heavy atom. The minimum atomic E-state index is 0.176. The number of hydrogen-bond acceptors (Lipinski definition) is 2. The van der Waals surface area contributed by atoms with E-state index in [1.165, 1.54) is 32.1 Å². The van der Waals surface area contributed by atoms with Crippen LogP contribution in [0.15, 0.2) is 0 Å². The number of hydrogen-bond donors (Lipinski definition) is 2. The van der Waals surface area contributed by atoms with Crippen molar-refractivity contribution in [2.24, 2.45) is 22.7 Å². The molecule has 0 radical (unpaired) electrons. The largest absolute Gasteiger partial charge is 0.356 e. The van der Waals surface area contributed by atoms with Crippen LogP contribution < -0.4 is 10.6 Å². The molecule has 124 valence electrons. The second kappa shape index (κ2) is 5.86. The highest BCUT2D eigenvalue weighted by molar-refractivity contribution is 5.77.